The van der Waals surface area contributed by atoms with Gasteiger partial charge in [-0.25, -0.2) is 4.68 Å². The average molecular weight is 317 g/mol. The van der Waals surface area contributed by atoms with Crippen LogP contribution in [0.25, 0.3) is 5.69 Å². The number of hydrogen-bond donors (Lipinski definition) is 0. The van der Waals surface area contributed by atoms with E-state index in [9.17, 15) is 4.79 Å². The van der Waals surface area contributed by atoms with E-state index < -0.39 is 0 Å². The highest BCUT2D eigenvalue weighted by molar-refractivity contribution is 5.79. The number of likely N-dealkylation sites (tertiary alicyclic amines) is 1. The van der Waals surface area contributed by atoms with Crippen LogP contribution in [0.1, 0.15) is 23.5 Å². The smallest absolute Gasteiger partial charge is 0.223 e. The second-order valence-electron chi connectivity index (χ2n) is 6.21. The van der Waals surface area contributed by atoms with E-state index in [0.29, 0.717) is 18.9 Å². The Kier molecular flexibility index (Phi) is 3.87. The largest absolute Gasteiger partial charge is 0.338 e. The fourth-order valence-corrected chi connectivity index (χ4v) is 3.31. The lowest BCUT2D eigenvalue weighted by Crippen LogP contribution is -2.24. The van der Waals surface area contributed by atoms with Crippen molar-refractivity contribution in [3.8, 4) is 5.69 Å². The number of rotatable bonds is 4. The molecule has 1 fully saturated rings. The van der Waals surface area contributed by atoms with Crippen molar-refractivity contribution in [2.75, 3.05) is 6.54 Å². The van der Waals surface area contributed by atoms with Crippen LogP contribution < -0.4 is 0 Å². The zero-order valence-corrected chi connectivity index (χ0v) is 13.4. The summed E-state index contributed by atoms with van der Waals surface area (Å²) in [5.74, 6) is 0.529. The Morgan fingerprint density at radius 3 is 2.71 bits per heavy atom. The molecule has 1 aliphatic heterocycles. The molecule has 4 heteroatoms. The van der Waals surface area contributed by atoms with Crippen molar-refractivity contribution in [2.45, 2.75) is 18.9 Å². The molecule has 1 atom stereocenters. The molecule has 0 N–H and O–H groups in total. The van der Waals surface area contributed by atoms with Gasteiger partial charge in [0.15, 0.2) is 0 Å². The van der Waals surface area contributed by atoms with Gasteiger partial charge in [-0.05, 0) is 29.3 Å². The van der Waals surface area contributed by atoms with Crippen molar-refractivity contribution in [1.82, 2.24) is 14.7 Å². The van der Waals surface area contributed by atoms with E-state index >= 15 is 0 Å². The molecular weight excluding hydrogens is 298 g/mol. The van der Waals surface area contributed by atoms with Crippen LogP contribution in [0.15, 0.2) is 73.1 Å². The molecular formula is C20H19N3O. The normalized spacial score (nSPS) is 17.4. The number of aromatic nitrogens is 2. The molecule has 1 aromatic heterocycles. The number of carbonyl (C=O) groups excluding carboxylic acids is 1. The topological polar surface area (TPSA) is 38.1 Å². The highest BCUT2D eigenvalue weighted by atomic mass is 16.2. The monoisotopic (exact) mass is 317 g/mol. The molecule has 0 radical (unpaired) electrons. The molecule has 0 unspecified atom stereocenters. The summed E-state index contributed by atoms with van der Waals surface area (Å²) >= 11 is 0. The van der Waals surface area contributed by atoms with Crippen molar-refractivity contribution in [3.05, 3.63) is 84.2 Å². The molecule has 1 aliphatic rings. The first-order chi connectivity index (χ1) is 11.8. The van der Waals surface area contributed by atoms with E-state index in [-0.39, 0.29) is 5.91 Å². The Morgan fingerprint density at radius 1 is 1.04 bits per heavy atom. The zero-order chi connectivity index (χ0) is 16.4. The molecule has 1 saturated heterocycles. The van der Waals surface area contributed by atoms with E-state index in [1.165, 1.54) is 5.56 Å². The Morgan fingerprint density at radius 2 is 1.92 bits per heavy atom. The quantitative estimate of drug-likeness (QED) is 0.740. The molecule has 4 rings (SSSR count). The van der Waals surface area contributed by atoms with Crippen molar-refractivity contribution in [1.29, 1.82) is 0 Å². The highest BCUT2D eigenvalue weighted by Gasteiger charge is 2.30. The van der Waals surface area contributed by atoms with Crippen LogP contribution in [0.5, 0.6) is 0 Å². The van der Waals surface area contributed by atoms with Gasteiger partial charge in [0.1, 0.15) is 0 Å². The van der Waals surface area contributed by atoms with Crippen LogP contribution in [0.2, 0.25) is 0 Å². The maximum atomic E-state index is 12.4. The van der Waals surface area contributed by atoms with E-state index in [2.05, 4.69) is 29.4 Å². The minimum atomic E-state index is 0.230. The molecule has 0 bridgehead atoms. The van der Waals surface area contributed by atoms with Crippen LogP contribution in [-0.4, -0.2) is 27.1 Å². The third-order valence-electron chi connectivity index (χ3n) is 4.54. The van der Waals surface area contributed by atoms with Crippen LogP contribution in [0, 0.1) is 0 Å². The molecule has 0 aliphatic carbocycles. The fraction of sp³-hybridized carbons (Fsp3) is 0.200. The van der Waals surface area contributed by atoms with Gasteiger partial charge in [0.25, 0.3) is 0 Å². The molecule has 3 aromatic rings. The Bertz CT molecular complexity index is 827. The van der Waals surface area contributed by atoms with Crippen LogP contribution >= 0.6 is 0 Å². The van der Waals surface area contributed by atoms with Gasteiger partial charge >= 0.3 is 0 Å². The third kappa shape index (κ3) is 2.95. The van der Waals surface area contributed by atoms with Crippen molar-refractivity contribution < 1.29 is 4.79 Å². The summed E-state index contributed by atoms with van der Waals surface area (Å²) in [6.45, 7) is 1.44. The van der Waals surface area contributed by atoms with Crippen molar-refractivity contribution in [2.24, 2.45) is 0 Å². The first kappa shape index (κ1) is 14.7. The first-order valence-corrected chi connectivity index (χ1v) is 8.21. The summed E-state index contributed by atoms with van der Waals surface area (Å²) in [5, 5.41) is 4.26. The minimum absolute atomic E-state index is 0.230. The molecule has 2 aromatic carbocycles. The maximum Gasteiger partial charge on any atom is 0.223 e. The van der Waals surface area contributed by atoms with Gasteiger partial charge < -0.3 is 4.90 Å². The Balaban J connectivity index is 1.50. The highest BCUT2D eigenvalue weighted by Crippen LogP contribution is 2.29. The van der Waals surface area contributed by atoms with Gasteiger partial charge in [-0.15, -0.1) is 0 Å². The lowest BCUT2D eigenvalue weighted by Gasteiger charge is -2.17. The molecule has 1 amide bonds. The van der Waals surface area contributed by atoms with Gasteiger partial charge in [-0.2, -0.15) is 5.10 Å². The van der Waals surface area contributed by atoms with E-state index in [0.717, 1.165) is 17.8 Å². The second kappa shape index (κ2) is 6.32. The predicted molar refractivity (Wildman–Crippen MR) is 92.8 cm³/mol. The molecule has 0 spiro atoms. The second-order valence-corrected chi connectivity index (χ2v) is 6.21. The standard InChI is InChI=1S/C20H19N3O/c24-20-13-18(17-7-2-1-3-8-17)15-22(20)14-16-6-4-9-19(12-16)23-11-5-10-21-23/h1-12,18H,13-15H2/t18-/m0/s1. The van der Waals surface area contributed by atoms with Crippen molar-refractivity contribution in [3.63, 3.8) is 0 Å². The number of nitrogens with zero attached hydrogens (tertiary/aromatic N) is 3. The summed E-state index contributed by atoms with van der Waals surface area (Å²) in [6.07, 6.45) is 4.29. The summed E-state index contributed by atoms with van der Waals surface area (Å²) in [7, 11) is 0. The molecule has 0 saturated carbocycles. The average Bonchev–Trinajstić information content (AvgIpc) is 3.27. The van der Waals surface area contributed by atoms with Gasteiger partial charge in [0.2, 0.25) is 5.91 Å². The first-order valence-electron chi connectivity index (χ1n) is 8.21. The number of amides is 1. The molecule has 120 valence electrons. The van der Waals surface area contributed by atoms with Gasteiger partial charge in [-0.1, -0.05) is 42.5 Å². The van der Waals surface area contributed by atoms with Crippen molar-refractivity contribution >= 4 is 5.91 Å². The van der Waals surface area contributed by atoms with E-state index in [4.69, 9.17) is 0 Å². The minimum Gasteiger partial charge on any atom is -0.338 e. The number of hydrogen-bond acceptors (Lipinski definition) is 2. The summed E-state index contributed by atoms with van der Waals surface area (Å²) in [5.41, 5.74) is 3.40. The van der Waals surface area contributed by atoms with Gasteiger partial charge in [0, 0.05) is 37.8 Å². The van der Waals surface area contributed by atoms with E-state index in [1.807, 2.05) is 52.2 Å². The number of carbonyl (C=O) groups is 1. The Labute approximate surface area is 141 Å². The summed E-state index contributed by atoms with van der Waals surface area (Å²) in [4.78, 5) is 14.3. The molecule has 2 heterocycles. The van der Waals surface area contributed by atoms with Gasteiger partial charge in [-0.3, -0.25) is 4.79 Å². The zero-order valence-electron chi connectivity index (χ0n) is 13.4. The van der Waals surface area contributed by atoms with Crippen LogP contribution in [0.4, 0.5) is 0 Å². The number of benzene rings is 2. The van der Waals surface area contributed by atoms with E-state index in [1.54, 1.807) is 6.20 Å². The van der Waals surface area contributed by atoms with Crippen LogP contribution in [0.3, 0.4) is 0 Å². The maximum absolute atomic E-state index is 12.4. The third-order valence-corrected chi connectivity index (χ3v) is 4.54. The predicted octanol–water partition coefficient (Wildman–Crippen LogP) is 3.39. The van der Waals surface area contributed by atoms with Crippen LogP contribution in [-0.2, 0) is 11.3 Å². The summed E-state index contributed by atoms with van der Waals surface area (Å²) in [6, 6.07) is 20.4. The Hall–Kier alpha value is -2.88. The lowest BCUT2D eigenvalue weighted by molar-refractivity contribution is -0.128. The fourth-order valence-electron chi connectivity index (χ4n) is 3.31. The molecule has 24 heavy (non-hydrogen) atoms. The summed E-state index contributed by atoms with van der Waals surface area (Å²) < 4.78 is 1.84. The SMILES string of the molecule is O=C1C[C@H](c2ccccc2)CN1Cc1cccc(-n2cccn2)c1. The molecule has 4 nitrogen and oxygen atoms in total. The lowest BCUT2D eigenvalue weighted by atomic mass is 9.98. The van der Waals surface area contributed by atoms with Gasteiger partial charge in [0.05, 0.1) is 5.69 Å².